The van der Waals surface area contributed by atoms with Gasteiger partial charge in [-0.05, 0) is 55.7 Å². The minimum atomic E-state index is -0.822. The Labute approximate surface area is 181 Å². The largest absolute Gasteiger partial charge is 0.325 e. The van der Waals surface area contributed by atoms with Gasteiger partial charge in [-0.3, -0.25) is 14.5 Å². The van der Waals surface area contributed by atoms with Crippen molar-refractivity contribution in [1.82, 2.24) is 14.8 Å². The number of carbonyl (C=O) groups excluding carboxylic acids is 3. The van der Waals surface area contributed by atoms with Crippen molar-refractivity contribution in [2.45, 2.75) is 45.6 Å². The van der Waals surface area contributed by atoms with Crippen molar-refractivity contribution < 1.29 is 14.4 Å². The topological polar surface area (TPSA) is 71.4 Å². The lowest BCUT2D eigenvalue weighted by molar-refractivity contribution is -0.130. The predicted octanol–water partition coefficient (Wildman–Crippen LogP) is 3.83. The number of aromatic nitrogens is 1. The summed E-state index contributed by atoms with van der Waals surface area (Å²) in [6, 6.07) is 9.70. The van der Waals surface area contributed by atoms with E-state index < -0.39 is 11.6 Å². The molecule has 0 radical (unpaired) electrons. The summed E-state index contributed by atoms with van der Waals surface area (Å²) in [5, 5.41) is 2.82. The fourth-order valence-electron chi connectivity index (χ4n) is 4.33. The second-order valence-electron chi connectivity index (χ2n) is 8.50. The Morgan fingerprint density at radius 2 is 1.90 bits per heavy atom. The van der Waals surface area contributed by atoms with Crippen LogP contribution in [0.15, 0.2) is 30.3 Å². The highest BCUT2D eigenvalue weighted by Crippen LogP contribution is 2.33. The van der Waals surface area contributed by atoms with Gasteiger partial charge in [0.1, 0.15) is 5.54 Å². The van der Waals surface area contributed by atoms with Gasteiger partial charge in [0.25, 0.3) is 5.91 Å². The van der Waals surface area contributed by atoms with E-state index in [1.54, 1.807) is 11.8 Å². The van der Waals surface area contributed by atoms with Crippen molar-refractivity contribution >= 4 is 29.5 Å². The summed E-state index contributed by atoms with van der Waals surface area (Å²) in [5.41, 5.74) is 3.72. The number of nitrogens with one attached hydrogen (secondary N) is 1. The van der Waals surface area contributed by atoms with Crippen LogP contribution in [0.4, 0.5) is 4.79 Å². The highest BCUT2D eigenvalue weighted by Gasteiger charge is 2.53. The average molecular weight is 426 g/mol. The number of ketones is 1. The molecule has 1 unspecified atom stereocenters. The summed E-state index contributed by atoms with van der Waals surface area (Å²) >= 11 is 1.65. The molecule has 4 rings (SSSR count). The van der Waals surface area contributed by atoms with Gasteiger partial charge in [0.05, 0.1) is 6.54 Å². The minimum absolute atomic E-state index is 0.223. The molecule has 0 bridgehead atoms. The maximum atomic E-state index is 13.1. The zero-order valence-electron chi connectivity index (χ0n) is 17.8. The molecular formula is C23H27N3O3S. The van der Waals surface area contributed by atoms with Crippen molar-refractivity contribution in [3.63, 3.8) is 0 Å². The number of nitrogens with zero attached hydrogens (tertiary/aromatic N) is 2. The Kier molecular flexibility index (Phi) is 5.26. The number of urea groups is 1. The van der Waals surface area contributed by atoms with E-state index >= 15 is 0 Å². The van der Waals surface area contributed by atoms with Gasteiger partial charge in [0.2, 0.25) is 0 Å². The number of benzene rings is 1. The van der Waals surface area contributed by atoms with E-state index in [1.165, 1.54) is 5.56 Å². The minimum Gasteiger partial charge on any atom is -0.322 e. The molecule has 1 aromatic heterocycles. The van der Waals surface area contributed by atoms with E-state index in [9.17, 15) is 14.4 Å². The van der Waals surface area contributed by atoms with Crippen LogP contribution in [0.3, 0.4) is 0 Å². The molecular weight excluding hydrogens is 398 g/mol. The molecule has 1 N–H and O–H groups in total. The lowest BCUT2D eigenvalue weighted by Crippen LogP contribution is -2.47. The monoisotopic (exact) mass is 425 g/mol. The van der Waals surface area contributed by atoms with Crippen LogP contribution in [0.25, 0.3) is 5.69 Å². The third-order valence-corrected chi connectivity index (χ3v) is 7.31. The summed E-state index contributed by atoms with van der Waals surface area (Å²) < 4.78 is 2.04. The lowest BCUT2D eigenvalue weighted by Gasteiger charge is -2.19. The van der Waals surface area contributed by atoms with Crippen LogP contribution in [-0.2, 0) is 4.79 Å². The summed E-state index contributed by atoms with van der Waals surface area (Å²) in [6.45, 7) is 7.94. The van der Waals surface area contributed by atoms with E-state index in [0.717, 1.165) is 27.7 Å². The first-order valence-corrected chi connectivity index (χ1v) is 11.4. The molecule has 7 heteroatoms. The first-order valence-electron chi connectivity index (χ1n) is 10.3. The normalized spacial score (nSPS) is 21.2. The number of thioether (sulfide) groups is 1. The first kappa shape index (κ1) is 20.7. The van der Waals surface area contributed by atoms with Gasteiger partial charge < -0.3 is 9.88 Å². The third-order valence-electron chi connectivity index (χ3n) is 6.12. The Hall–Kier alpha value is -2.54. The number of aryl methyl sites for hydroxylation is 1. The summed E-state index contributed by atoms with van der Waals surface area (Å²) in [4.78, 5) is 39.4. The number of carbonyl (C=O) groups is 3. The molecule has 6 nitrogen and oxygen atoms in total. The number of hydrogen-bond donors (Lipinski definition) is 1. The van der Waals surface area contributed by atoms with Crippen molar-refractivity contribution in [1.29, 1.82) is 0 Å². The average Bonchev–Trinajstić information content (AvgIpc) is 3.36. The molecule has 0 saturated carbocycles. The number of Topliss-reactive ketones (excluding diaryl/α,β-unsaturated/α-hetero) is 1. The van der Waals surface area contributed by atoms with E-state index in [2.05, 4.69) is 43.4 Å². The van der Waals surface area contributed by atoms with Gasteiger partial charge >= 0.3 is 6.03 Å². The molecule has 1 atom stereocenters. The fourth-order valence-corrected chi connectivity index (χ4v) is 5.66. The molecule has 1 spiro atoms. The van der Waals surface area contributed by atoms with E-state index in [-0.39, 0.29) is 18.2 Å². The third kappa shape index (κ3) is 3.35. The van der Waals surface area contributed by atoms with Gasteiger partial charge in [-0.2, -0.15) is 11.8 Å². The first-order chi connectivity index (χ1) is 14.2. The van der Waals surface area contributed by atoms with Crippen molar-refractivity contribution in [3.05, 3.63) is 52.8 Å². The van der Waals surface area contributed by atoms with Crippen LogP contribution in [-0.4, -0.2) is 50.8 Å². The van der Waals surface area contributed by atoms with Crippen LogP contribution in [0.1, 0.15) is 53.5 Å². The fraction of sp³-hybridized carbons (Fsp3) is 0.435. The predicted molar refractivity (Wildman–Crippen MR) is 119 cm³/mol. The van der Waals surface area contributed by atoms with Gasteiger partial charge in [0, 0.05) is 28.4 Å². The standard InChI is InChI=1S/C23H27N3O3S/c1-14(2)17-5-7-18(8-6-17)26-15(3)11-19(16(26)4)20(27)12-25-21(28)23(24-22(25)29)9-10-30-13-23/h5-8,11,14H,9-10,12-13H2,1-4H3,(H,24,29). The number of imide groups is 1. The van der Waals surface area contributed by atoms with E-state index in [4.69, 9.17) is 0 Å². The second-order valence-corrected chi connectivity index (χ2v) is 9.60. The number of hydrogen-bond acceptors (Lipinski definition) is 4. The molecule has 3 heterocycles. The van der Waals surface area contributed by atoms with Gasteiger partial charge in [-0.25, -0.2) is 4.79 Å². The van der Waals surface area contributed by atoms with Crippen LogP contribution in [0, 0.1) is 13.8 Å². The van der Waals surface area contributed by atoms with E-state index in [0.29, 0.717) is 23.7 Å². The van der Waals surface area contributed by atoms with Gasteiger partial charge in [-0.15, -0.1) is 0 Å². The van der Waals surface area contributed by atoms with Crippen molar-refractivity contribution in [3.8, 4) is 5.69 Å². The molecule has 158 valence electrons. The summed E-state index contributed by atoms with van der Waals surface area (Å²) in [5.74, 6) is 1.37. The van der Waals surface area contributed by atoms with Crippen LogP contribution in [0.2, 0.25) is 0 Å². The molecule has 1 aromatic carbocycles. The molecule has 2 aliphatic rings. The Bertz CT molecular complexity index is 1020. The van der Waals surface area contributed by atoms with Gasteiger partial charge in [0.15, 0.2) is 5.78 Å². The molecule has 0 aliphatic carbocycles. The molecule has 2 aromatic rings. The summed E-state index contributed by atoms with van der Waals surface area (Å²) in [7, 11) is 0. The second kappa shape index (κ2) is 7.61. The highest BCUT2D eigenvalue weighted by molar-refractivity contribution is 7.99. The van der Waals surface area contributed by atoms with Crippen LogP contribution < -0.4 is 5.32 Å². The quantitative estimate of drug-likeness (QED) is 0.584. The van der Waals surface area contributed by atoms with Crippen LogP contribution >= 0.6 is 11.8 Å². The Morgan fingerprint density at radius 3 is 2.50 bits per heavy atom. The van der Waals surface area contributed by atoms with Crippen molar-refractivity contribution in [2.75, 3.05) is 18.1 Å². The smallest absolute Gasteiger partial charge is 0.322 e. The zero-order valence-corrected chi connectivity index (χ0v) is 18.6. The zero-order chi connectivity index (χ0) is 21.6. The molecule has 2 fully saturated rings. The molecule has 30 heavy (non-hydrogen) atoms. The SMILES string of the molecule is Cc1cc(C(=O)CN2C(=O)NC3(CCSC3)C2=O)c(C)n1-c1ccc(C(C)C)cc1. The highest BCUT2D eigenvalue weighted by atomic mass is 32.2. The molecule has 2 aliphatic heterocycles. The molecule has 2 saturated heterocycles. The molecule has 3 amide bonds. The lowest BCUT2D eigenvalue weighted by atomic mass is 9.99. The Morgan fingerprint density at radius 1 is 1.20 bits per heavy atom. The van der Waals surface area contributed by atoms with E-state index in [1.807, 2.05) is 24.5 Å². The number of rotatable bonds is 5. The summed E-state index contributed by atoms with van der Waals surface area (Å²) in [6.07, 6.45) is 0.619. The van der Waals surface area contributed by atoms with Crippen LogP contribution in [0.5, 0.6) is 0 Å². The Balaban J connectivity index is 1.58. The van der Waals surface area contributed by atoms with Crippen molar-refractivity contribution in [2.24, 2.45) is 0 Å². The number of amides is 3. The maximum Gasteiger partial charge on any atom is 0.325 e. The maximum absolute atomic E-state index is 13.1. The van der Waals surface area contributed by atoms with Gasteiger partial charge in [-0.1, -0.05) is 26.0 Å².